The smallest absolute Gasteiger partial charge is 0.257 e. The molecule has 0 bridgehead atoms. The van der Waals surface area contributed by atoms with Gasteiger partial charge in [0.1, 0.15) is 12.4 Å². The van der Waals surface area contributed by atoms with Gasteiger partial charge in [-0.2, -0.15) is 0 Å². The van der Waals surface area contributed by atoms with Crippen LogP contribution in [0.4, 0.5) is 5.69 Å². The van der Waals surface area contributed by atoms with Crippen LogP contribution in [0.3, 0.4) is 0 Å². The molecule has 0 spiro atoms. The molecule has 0 fully saturated rings. The number of fused-ring (bicyclic) bond motifs is 1. The van der Waals surface area contributed by atoms with Gasteiger partial charge in [0.2, 0.25) is 5.91 Å². The van der Waals surface area contributed by atoms with E-state index in [1.54, 1.807) is 6.92 Å². The van der Waals surface area contributed by atoms with E-state index in [9.17, 15) is 9.59 Å². The van der Waals surface area contributed by atoms with Gasteiger partial charge in [-0.1, -0.05) is 17.7 Å². The Morgan fingerprint density at radius 2 is 1.87 bits per heavy atom. The van der Waals surface area contributed by atoms with Gasteiger partial charge >= 0.3 is 0 Å². The van der Waals surface area contributed by atoms with Gasteiger partial charge in [-0.05, 0) is 51.7 Å². The summed E-state index contributed by atoms with van der Waals surface area (Å²) in [6, 6.07) is 7.59. The first-order valence-corrected chi connectivity index (χ1v) is 8.00. The molecule has 3 rings (SSSR count). The van der Waals surface area contributed by atoms with E-state index in [2.05, 4.69) is 10.3 Å². The molecule has 0 saturated heterocycles. The molecule has 1 aromatic carbocycles. The monoisotopic (exact) mass is 311 g/mol. The Morgan fingerprint density at radius 3 is 2.61 bits per heavy atom. The maximum absolute atomic E-state index is 12.6. The number of nitrogens with one attached hydrogen (secondary N) is 1. The standard InChI is InChI=1S/C18H21N3O2/c1-12-7-9-14(10-8-12)20-17(22)11-21-13(2)19-16-6-4-3-5-15(16)18(21)23/h7-10H,3-6,11H2,1-2H3,(H,20,22). The zero-order valence-electron chi connectivity index (χ0n) is 13.6. The number of hydrogen-bond acceptors (Lipinski definition) is 3. The van der Waals surface area contributed by atoms with E-state index in [-0.39, 0.29) is 18.0 Å². The molecule has 0 unspecified atom stereocenters. The Hall–Kier alpha value is -2.43. The minimum atomic E-state index is -0.211. The van der Waals surface area contributed by atoms with Crippen molar-refractivity contribution in [3.8, 4) is 0 Å². The number of anilines is 1. The number of aryl methyl sites for hydroxylation is 3. The Bertz CT molecular complexity index is 791. The van der Waals surface area contributed by atoms with E-state index in [4.69, 9.17) is 0 Å². The van der Waals surface area contributed by atoms with Gasteiger partial charge in [-0.15, -0.1) is 0 Å². The zero-order valence-corrected chi connectivity index (χ0v) is 13.6. The third kappa shape index (κ3) is 3.33. The summed E-state index contributed by atoms with van der Waals surface area (Å²) in [4.78, 5) is 29.4. The average molecular weight is 311 g/mol. The minimum absolute atomic E-state index is 0.00117. The van der Waals surface area contributed by atoms with Gasteiger partial charge in [0.25, 0.3) is 5.56 Å². The highest BCUT2D eigenvalue weighted by Crippen LogP contribution is 2.16. The molecule has 1 amide bonds. The molecule has 5 nitrogen and oxygen atoms in total. The lowest BCUT2D eigenvalue weighted by Gasteiger charge is -2.18. The van der Waals surface area contributed by atoms with E-state index >= 15 is 0 Å². The molecule has 23 heavy (non-hydrogen) atoms. The largest absolute Gasteiger partial charge is 0.325 e. The molecule has 0 saturated carbocycles. The van der Waals surface area contributed by atoms with E-state index < -0.39 is 0 Å². The van der Waals surface area contributed by atoms with Crippen LogP contribution < -0.4 is 10.9 Å². The fourth-order valence-corrected chi connectivity index (χ4v) is 2.98. The molecule has 1 aliphatic carbocycles. The molecule has 1 N–H and O–H groups in total. The second kappa shape index (κ2) is 6.36. The molecule has 1 aromatic heterocycles. The van der Waals surface area contributed by atoms with Crippen molar-refractivity contribution in [3.05, 3.63) is 57.3 Å². The molecule has 5 heteroatoms. The summed E-state index contributed by atoms with van der Waals surface area (Å²) >= 11 is 0. The quantitative estimate of drug-likeness (QED) is 0.946. The number of nitrogens with zero attached hydrogens (tertiary/aromatic N) is 2. The molecule has 1 heterocycles. The summed E-state index contributed by atoms with van der Waals surface area (Å²) in [5.74, 6) is 0.395. The van der Waals surface area contributed by atoms with Crippen molar-refractivity contribution in [2.75, 3.05) is 5.32 Å². The lowest BCUT2D eigenvalue weighted by molar-refractivity contribution is -0.116. The fraction of sp³-hybridized carbons (Fsp3) is 0.389. The van der Waals surface area contributed by atoms with Crippen LogP contribution in [0.5, 0.6) is 0 Å². The maximum Gasteiger partial charge on any atom is 0.257 e. The Morgan fingerprint density at radius 1 is 1.17 bits per heavy atom. The predicted octanol–water partition coefficient (Wildman–Crippen LogP) is 2.38. The van der Waals surface area contributed by atoms with E-state index in [0.717, 1.165) is 48.2 Å². The van der Waals surface area contributed by atoms with Crippen LogP contribution in [0.25, 0.3) is 0 Å². The van der Waals surface area contributed by atoms with Gasteiger partial charge in [0.15, 0.2) is 0 Å². The lowest BCUT2D eigenvalue weighted by Crippen LogP contribution is -2.34. The van der Waals surface area contributed by atoms with Crippen molar-refractivity contribution in [2.45, 2.75) is 46.1 Å². The maximum atomic E-state index is 12.6. The third-order valence-electron chi connectivity index (χ3n) is 4.27. The topological polar surface area (TPSA) is 64.0 Å². The van der Waals surface area contributed by atoms with Crippen molar-refractivity contribution in [1.82, 2.24) is 9.55 Å². The van der Waals surface area contributed by atoms with Crippen LogP contribution in [-0.2, 0) is 24.2 Å². The molecule has 0 aliphatic heterocycles. The molecule has 2 aromatic rings. The summed E-state index contributed by atoms with van der Waals surface area (Å²) in [6.45, 7) is 3.78. The van der Waals surface area contributed by atoms with Crippen LogP contribution in [0, 0.1) is 13.8 Å². The number of aromatic nitrogens is 2. The molecular formula is C18H21N3O2. The summed E-state index contributed by atoms with van der Waals surface area (Å²) in [5, 5.41) is 2.83. The highest BCUT2D eigenvalue weighted by Gasteiger charge is 2.18. The molecule has 1 aliphatic rings. The van der Waals surface area contributed by atoms with Gasteiger partial charge in [0.05, 0.1) is 5.69 Å². The predicted molar refractivity (Wildman–Crippen MR) is 89.7 cm³/mol. The van der Waals surface area contributed by atoms with Crippen LogP contribution in [0.15, 0.2) is 29.1 Å². The molecule has 120 valence electrons. The second-order valence-electron chi connectivity index (χ2n) is 6.10. The molecular weight excluding hydrogens is 290 g/mol. The normalized spacial score (nSPS) is 13.5. The highest BCUT2D eigenvalue weighted by atomic mass is 16.2. The van der Waals surface area contributed by atoms with Crippen LogP contribution in [0.1, 0.15) is 35.5 Å². The SMILES string of the molecule is Cc1ccc(NC(=O)Cn2c(C)nc3c(c2=O)CCCC3)cc1. The molecule has 0 atom stereocenters. The second-order valence-corrected chi connectivity index (χ2v) is 6.10. The molecule has 0 radical (unpaired) electrons. The first-order chi connectivity index (χ1) is 11.0. The van der Waals surface area contributed by atoms with Gasteiger partial charge in [0, 0.05) is 11.3 Å². The number of benzene rings is 1. The first-order valence-electron chi connectivity index (χ1n) is 8.00. The van der Waals surface area contributed by atoms with Crippen molar-refractivity contribution < 1.29 is 4.79 Å². The number of carbonyl (C=O) groups is 1. The fourth-order valence-electron chi connectivity index (χ4n) is 2.98. The lowest BCUT2D eigenvalue weighted by atomic mass is 9.97. The van der Waals surface area contributed by atoms with Crippen molar-refractivity contribution in [1.29, 1.82) is 0 Å². The third-order valence-corrected chi connectivity index (χ3v) is 4.27. The van der Waals surface area contributed by atoms with Crippen LogP contribution >= 0.6 is 0 Å². The average Bonchev–Trinajstić information content (AvgIpc) is 2.54. The van der Waals surface area contributed by atoms with Crippen LogP contribution in [0.2, 0.25) is 0 Å². The van der Waals surface area contributed by atoms with E-state index in [1.807, 2.05) is 31.2 Å². The van der Waals surface area contributed by atoms with E-state index in [0.29, 0.717) is 5.82 Å². The Kier molecular flexibility index (Phi) is 4.28. The number of rotatable bonds is 3. The van der Waals surface area contributed by atoms with E-state index in [1.165, 1.54) is 4.57 Å². The highest BCUT2D eigenvalue weighted by molar-refractivity contribution is 5.90. The van der Waals surface area contributed by atoms with Gasteiger partial charge in [-0.3, -0.25) is 14.2 Å². The van der Waals surface area contributed by atoms with Gasteiger partial charge in [-0.25, -0.2) is 4.98 Å². The summed E-state index contributed by atoms with van der Waals surface area (Å²) < 4.78 is 1.48. The van der Waals surface area contributed by atoms with Crippen molar-refractivity contribution >= 4 is 11.6 Å². The summed E-state index contributed by atoms with van der Waals surface area (Å²) in [7, 11) is 0. The summed E-state index contributed by atoms with van der Waals surface area (Å²) in [6.07, 6.45) is 3.72. The first kappa shape index (κ1) is 15.5. The number of amides is 1. The van der Waals surface area contributed by atoms with Crippen LogP contribution in [-0.4, -0.2) is 15.5 Å². The van der Waals surface area contributed by atoms with Crippen molar-refractivity contribution in [3.63, 3.8) is 0 Å². The zero-order chi connectivity index (χ0) is 16.4. The minimum Gasteiger partial charge on any atom is -0.325 e. The Labute approximate surface area is 135 Å². The van der Waals surface area contributed by atoms with Gasteiger partial charge < -0.3 is 5.32 Å². The number of carbonyl (C=O) groups excluding carboxylic acids is 1. The Balaban J connectivity index is 1.81. The number of hydrogen-bond donors (Lipinski definition) is 1. The van der Waals surface area contributed by atoms with Crippen molar-refractivity contribution in [2.24, 2.45) is 0 Å². The summed E-state index contributed by atoms with van der Waals surface area (Å²) in [5.41, 5.74) is 3.50.